The molecule has 2 aromatic carbocycles. The lowest BCUT2D eigenvalue weighted by atomic mass is 9.89. The minimum Gasteiger partial charge on any atom is -0.507 e. The number of nitrogens with zero attached hydrogens (tertiary/aromatic N) is 4. The molecule has 1 atom stereocenters. The molecule has 2 N–H and O–H groups in total. The predicted octanol–water partition coefficient (Wildman–Crippen LogP) is 4.18. The highest BCUT2D eigenvalue weighted by Crippen LogP contribution is 2.32. The molecule has 182 valence electrons. The maximum absolute atomic E-state index is 12.7. The molecule has 0 aliphatic carbocycles. The van der Waals surface area contributed by atoms with Crippen molar-refractivity contribution < 1.29 is 15.0 Å². The molecule has 1 saturated heterocycles. The summed E-state index contributed by atoms with van der Waals surface area (Å²) < 4.78 is 0. The fraction of sp³-hybridized carbons (Fsp3) is 0.423. The third kappa shape index (κ3) is 5.59. The van der Waals surface area contributed by atoms with Crippen LogP contribution in [0.1, 0.15) is 32.8 Å². The molecule has 3 aromatic rings. The van der Waals surface area contributed by atoms with Crippen LogP contribution in [0.25, 0.3) is 22.3 Å². The van der Waals surface area contributed by atoms with Crippen molar-refractivity contribution in [3.63, 3.8) is 0 Å². The Morgan fingerprint density at radius 2 is 1.74 bits per heavy atom. The summed E-state index contributed by atoms with van der Waals surface area (Å²) >= 11 is 0. The van der Waals surface area contributed by atoms with Crippen LogP contribution in [0.4, 0.5) is 5.82 Å². The summed E-state index contributed by atoms with van der Waals surface area (Å²) in [6.45, 7) is 10.3. The Kier molecular flexibility index (Phi) is 7.68. The number of fused-ring (bicyclic) bond motifs is 1. The van der Waals surface area contributed by atoms with E-state index in [1.807, 2.05) is 58.0 Å². The number of piperazine rings is 1. The molecule has 0 spiro atoms. The van der Waals surface area contributed by atoms with Crippen molar-refractivity contribution in [2.24, 2.45) is 5.41 Å². The Morgan fingerprint density at radius 1 is 1.06 bits per heavy atom. The van der Waals surface area contributed by atoms with Crippen molar-refractivity contribution in [2.45, 2.75) is 40.2 Å². The van der Waals surface area contributed by atoms with E-state index in [0.717, 1.165) is 22.3 Å². The summed E-state index contributed by atoms with van der Waals surface area (Å²) in [5, 5.41) is 21.7. The Labute approximate surface area is 206 Å². The van der Waals surface area contributed by atoms with Gasteiger partial charge in [0.1, 0.15) is 17.7 Å². The summed E-state index contributed by atoms with van der Waals surface area (Å²) in [6, 6.07) is 13.2. The van der Waals surface area contributed by atoms with Crippen molar-refractivity contribution >= 4 is 35.0 Å². The first kappa shape index (κ1) is 25.7. The van der Waals surface area contributed by atoms with E-state index in [0.29, 0.717) is 44.0 Å². The quantitative estimate of drug-likeness (QED) is 0.577. The van der Waals surface area contributed by atoms with Crippen LogP contribution in [0.3, 0.4) is 0 Å². The first-order valence-electron chi connectivity index (χ1n) is 11.4. The number of hydrogen-bond donors (Lipinski definition) is 2. The van der Waals surface area contributed by atoms with Crippen LogP contribution >= 0.6 is 12.4 Å². The molecule has 0 saturated carbocycles. The summed E-state index contributed by atoms with van der Waals surface area (Å²) in [6.07, 6.45) is -0.543. The average Bonchev–Trinajstić information content (AvgIpc) is 2.77. The fourth-order valence-corrected chi connectivity index (χ4v) is 4.26. The number of aromatic hydroxyl groups is 1. The molecule has 0 bridgehead atoms. The summed E-state index contributed by atoms with van der Waals surface area (Å²) in [5.41, 5.74) is 2.38. The molecule has 34 heavy (non-hydrogen) atoms. The molecule has 4 rings (SSSR count). The molecule has 1 aliphatic heterocycles. The average molecular weight is 485 g/mol. The zero-order chi connectivity index (χ0) is 23.8. The van der Waals surface area contributed by atoms with Gasteiger partial charge in [-0.2, -0.15) is 0 Å². The highest BCUT2D eigenvalue weighted by atomic mass is 35.5. The number of benzene rings is 2. The Balaban J connectivity index is 0.00000324. The van der Waals surface area contributed by atoms with Crippen LogP contribution < -0.4 is 4.90 Å². The molecule has 7 nitrogen and oxygen atoms in total. The minimum atomic E-state index is -0.980. The SMILES string of the molecule is Cc1ccc2c(N3CCN(C(=O)C(O)CC(C)(C)C)CC3)nc(-c3ccccc3O)nc2c1.Cl. The van der Waals surface area contributed by atoms with Gasteiger partial charge in [0.25, 0.3) is 5.91 Å². The number of amides is 1. The highest BCUT2D eigenvalue weighted by molar-refractivity contribution is 5.92. The number of halogens is 1. The van der Waals surface area contributed by atoms with Gasteiger partial charge < -0.3 is 20.0 Å². The van der Waals surface area contributed by atoms with Gasteiger partial charge >= 0.3 is 0 Å². The van der Waals surface area contributed by atoms with Crippen LogP contribution in [0.15, 0.2) is 42.5 Å². The smallest absolute Gasteiger partial charge is 0.251 e. The standard InChI is InChI=1S/C26H32N4O3.ClH/c1-17-9-10-18-20(15-17)27-23(19-7-5-6-8-21(19)31)28-24(18)29-11-13-30(14-12-29)25(33)22(32)16-26(2,3)4;/h5-10,15,22,31-32H,11-14,16H2,1-4H3;1H. The summed E-state index contributed by atoms with van der Waals surface area (Å²) in [7, 11) is 0. The van der Waals surface area contributed by atoms with Crippen molar-refractivity contribution in [3.05, 3.63) is 48.0 Å². The van der Waals surface area contributed by atoms with Crippen molar-refractivity contribution in [2.75, 3.05) is 31.1 Å². The van der Waals surface area contributed by atoms with Crippen LogP contribution in [0.2, 0.25) is 0 Å². The van der Waals surface area contributed by atoms with Crippen LogP contribution in [0, 0.1) is 12.3 Å². The number of carbonyl (C=O) groups is 1. The molecule has 0 radical (unpaired) electrons. The van der Waals surface area contributed by atoms with Gasteiger partial charge in [-0.1, -0.05) is 39.0 Å². The van der Waals surface area contributed by atoms with Crippen LogP contribution in [-0.4, -0.2) is 63.3 Å². The molecular weight excluding hydrogens is 452 g/mol. The zero-order valence-corrected chi connectivity index (χ0v) is 21.0. The van der Waals surface area contributed by atoms with Gasteiger partial charge in [0.2, 0.25) is 0 Å². The molecule has 1 amide bonds. The van der Waals surface area contributed by atoms with Gasteiger partial charge in [0.05, 0.1) is 11.1 Å². The monoisotopic (exact) mass is 484 g/mol. The molecule has 1 aliphatic rings. The number of phenolic OH excluding ortho intramolecular Hbond substituents is 1. The first-order chi connectivity index (χ1) is 15.6. The van der Waals surface area contributed by atoms with Crippen LogP contribution in [0.5, 0.6) is 5.75 Å². The second-order valence-corrected chi connectivity index (χ2v) is 10.0. The number of rotatable bonds is 4. The van der Waals surface area contributed by atoms with Crippen molar-refractivity contribution in [3.8, 4) is 17.1 Å². The van der Waals surface area contributed by atoms with Gasteiger partial charge in [-0.3, -0.25) is 4.79 Å². The molecule has 8 heteroatoms. The normalized spacial score (nSPS) is 15.2. The van der Waals surface area contributed by atoms with Gasteiger partial charge in [-0.05, 0) is 48.6 Å². The number of hydrogen-bond acceptors (Lipinski definition) is 6. The summed E-state index contributed by atoms with van der Waals surface area (Å²) in [5.74, 6) is 1.20. The maximum Gasteiger partial charge on any atom is 0.251 e. The highest BCUT2D eigenvalue weighted by Gasteiger charge is 2.30. The number of para-hydroxylation sites is 1. The number of aromatic nitrogens is 2. The largest absolute Gasteiger partial charge is 0.507 e. The van der Waals surface area contributed by atoms with Gasteiger partial charge in [0.15, 0.2) is 5.82 Å². The second-order valence-electron chi connectivity index (χ2n) is 10.0. The van der Waals surface area contributed by atoms with Crippen molar-refractivity contribution in [1.82, 2.24) is 14.9 Å². The van der Waals surface area contributed by atoms with E-state index in [1.54, 1.807) is 17.0 Å². The molecule has 1 aromatic heterocycles. The number of aryl methyl sites for hydroxylation is 1. The van der Waals surface area contributed by atoms with E-state index < -0.39 is 6.10 Å². The lowest BCUT2D eigenvalue weighted by Crippen LogP contribution is -2.52. The van der Waals surface area contributed by atoms with E-state index in [9.17, 15) is 15.0 Å². The third-order valence-corrected chi connectivity index (χ3v) is 5.96. The minimum absolute atomic E-state index is 0. The number of carbonyl (C=O) groups excluding carboxylic acids is 1. The Bertz CT molecular complexity index is 1170. The lowest BCUT2D eigenvalue weighted by molar-refractivity contribution is -0.142. The topological polar surface area (TPSA) is 89.8 Å². The second kappa shape index (κ2) is 10.2. The maximum atomic E-state index is 12.7. The predicted molar refractivity (Wildman–Crippen MR) is 137 cm³/mol. The zero-order valence-electron chi connectivity index (χ0n) is 20.2. The summed E-state index contributed by atoms with van der Waals surface area (Å²) in [4.78, 5) is 26.2. The van der Waals surface area contributed by atoms with Gasteiger partial charge in [0, 0.05) is 31.6 Å². The van der Waals surface area contributed by atoms with E-state index in [2.05, 4.69) is 4.90 Å². The molecule has 1 unspecified atom stereocenters. The van der Waals surface area contributed by atoms with Crippen molar-refractivity contribution in [1.29, 1.82) is 0 Å². The fourth-order valence-electron chi connectivity index (χ4n) is 4.26. The van der Waals surface area contributed by atoms with Gasteiger partial charge in [-0.15, -0.1) is 12.4 Å². The lowest BCUT2D eigenvalue weighted by Gasteiger charge is -2.37. The first-order valence-corrected chi connectivity index (χ1v) is 11.4. The van der Waals surface area contributed by atoms with E-state index in [4.69, 9.17) is 9.97 Å². The molecule has 1 fully saturated rings. The molecular formula is C26H33ClN4O3. The third-order valence-electron chi connectivity index (χ3n) is 5.96. The Morgan fingerprint density at radius 3 is 2.38 bits per heavy atom. The number of phenols is 1. The molecule has 2 heterocycles. The number of aliphatic hydroxyl groups excluding tert-OH is 1. The van der Waals surface area contributed by atoms with E-state index in [-0.39, 0.29) is 29.5 Å². The van der Waals surface area contributed by atoms with E-state index in [1.165, 1.54) is 0 Å². The number of anilines is 1. The Hall–Kier alpha value is -2.90. The van der Waals surface area contributed by atoms with Crippen LogP contribution in [-0.2, 0) is 4.79 Å². The van der Waals surface area contributed by atoms with E-state index >= 15 is 0 Å². The number of aliphatic hydroxyl groups is 1. The van der Waals surface area contributed by atoms with Gasteiger partial charge in [-0.25, -0.2) is 9.97 Å².